The van der Waals surface area contributed by atoms with E-state index in [1.165, 1.54) is 4.90 Å². The van der Waals surface area contributed by atoms with E-state index < -0.39 is 11.6 Å². The van der Waals surface area contributed by atoms with Gasteiger partial charge in [-0.25, -0.2) is 4.68 Å². The third-order valence-corrected chi connectivity index (χ3v) is 6.49. The molecule has 0 bridgehead atoms. The Labute approximate surface area is 216 Å². The molecule has 0 aliphatic carbocycles. The summed E-state index contributed by atoms with van der Waals surface area (Å²) < 4.78 is 13.0. The van der Waals surface area contributed by atoms with Crippen molar-refractivity contribution in [1.82, 2.24) is 25.2 Å². The quantitative estimate of drug-likeness (QED) is 0.344. The maximum absolute atomic E-state index is 14.0. The van der Waals surface area contributed by atoms with Crippen molar-refractivity contribution in [2.24, 2.45) is 0 Å². The van der Waals surface area contributed by atoms with Crippen molar-refractivity contribution >= 4 is 22.8 Å². The van der Waals surface area contributed by atoms with Gasteiger partial charge in [0.05, 0.1) is 19.2 Å². The number of nitrogens with one attached hydrogen (secondary N) is 1. The van der Waals surface area contributed by atoms with Gasteiger partial charge >= 0.3 is 0 Å². The molecule has 0 spiro atoms. The summed E-state index contributed by atoms with van der Waals surface area (Å²) in [6, 6.07) is 17.4. The largest absolute Gasteiger partial charge is 0.496 e. The van der Waals surface area contributed by atoms with Crippen LogP contribution >= 0.6 is 0 Å². The fraction of sp³-hybridized carbons (Fsp3) is 0.357. The van der Waals surface area contributed by atoms with E-state index in [0.717, 1.165) is 11.1 Å². The third kappa shape index (κ3) is 5.82. The van der Waals surface area contributed by atoms with E-state index in [0.29, 0.717) is 29.2 Å². The number of fused-ring (bicyclic) bond motifs is 1. The predicted octanol–water partition coefficient (Wildman–Crippen LogP) is 4.42. The SMILES string of the molecule is CCC(C)(C)NC(=O)C(c1ccc(C)o1)N(Cc1ccccc1OC)C(=O)Cn1nnc2ccccc21. The second-order valence-corrected chi connectivity index (χ2v) is 9.65. The maximum Gasteiger partial charge on any atom is 0.251 e. The number of carbonyl (C=O) groups is 2. The van der Waals surface area contributed by atoms with Gasteiger partial charge in [-0.2, -0.15) is 0 Å². The number of hydrogen-bond donors (Lipinski definition) is 1. The average Bonchev–Trinajstić information content (AvgIpc) is 3.49. The van der Waals surface area contributed by atoms with E-state index >= 15 is 0 Å². The van der Waals surface area contributed by atoms with Crippen molar-refractivity contribution in [3.63, 3.8) is 0 Å². The van der Waals surface area contributed by atoms with Crippen LogP contribution in [-0.2, 0) is 22.7 Å². The minimum absolute atomic E-state index is 0.101. The molecule has 1 unspecified atom stereocenters. The van der Waals surface area contributed by atoms with Crippen molar-refractivity contribution in [1.29, 1.82) is 0 Å². The van der Waals surface area contributed by atoms with Crippen molar-refractivity contribution in [2.45, 2.75) is 58.8 Å². The van der Waals surface area contributed by atoms with Crippen LogP contribution in [-0.4, -0.2) is 44.4 Å². The number of methoxy groups -OCH3 is 1. The molecule has 2 aromatic carbocycles. The molecule has 9 nitrogen and oxygen atoms in total. The lowest BCUT2D eigenvalue weighted by molar-refractivity contribution is -0.143. The van der Waals surface area contributed by atoms with Crippen LogP contribution in [0, 0.1) is 6.92 Å². The van der Waals surface area contributed by atoms with E-state index in [4.69, 9.17) is 9.15 Å². The summed E-state index contributed by atoms with van der Waals surface area (Å²) >= 11 is 0. The van der Waals surface area contributed by atoms with Gasteiger partial charge in [0.15, 0.2) is 6.04 Å². The van der Waals surface area contributed by atoms with E-state index in [9.17, 15) is 9.59 Å². The molecule has 2 amide bonds. The highest BCUT2D eigenvalue weighted by Gasteiger charge is 2.36. The number of aromatic nitrogens is 3. The minimum atomic E-state index is -1.01. The van der Waals surface area contributed by atoms with E-state index in [-0.39, 0.29) is 24.9 Å². The van der Waals surface area contributed by atoms with Crippen molar-refractivity contribution in [3.05, 3.63) is 77.7 Å². The Bertz CT molecular complexity index is 1390. The molecule has 2 aromatic heterocycles. The van der Waals surface area contributed by atoms with Gasteiger partial charge in [0.1, 0.15) is 29.3 Å². The first-order valence-corrected chi connectivity index (χ1v) is 12.3. The number of carbonyl (C=O) groups excluding carboxylic acids is 2. The Morgan fingerprint density at radius 1 is 1.11 bits per heavy atom. The smallest absolute Gasteiger partial charge is 0.251 e. The number of amides is 2. The Hall–Kier alpha value is -4.14. The van der Waals surface area contributed by atoms with Gasteiger partial charge in [-0.05, 0) is 57.5 Å². The molecule has 0 aliphatic heterocycles. The molecule has 1 N–H and O–H groups in total. The molecule has 0 fully saturated rings. The number of nitrogens with zero attached hydrogens (tertiary/aromatic N) is 4. The van der Waals surface area contributed by atoms with Crippen molar-refractivity contribution in [2.75, 3.05) is 7.11 Å². The highest BCUT2D eigenvalue weighted by atomic mass is 16.5. The van der Waals surface area contributed by atoms with Crippen LogP contribution in [0.1, 0.15) is 50.3 Å². The predicted molar refractivity (Wildman–Crippen MR) is 140 cm³/mol. The maximum atomic E-state index is 14.0. The summed E-state index contributed by atoms with van der Waals surface area (Å²) in [4.78, 5) is 29.3. The van der Waals surface area contributed by atoms with Gasteiger partial charge in [-0.1, -0.05) is 42.5 Å². The summed E-state index contributed by atoms with van der Waals surface area (Å²) in [5.41, 5.74) is 1.71. The second kappa shape index (κ2) is 10.9. The summed E-state index contributed by atoms with van der Waals surface area (Å²) in [5, 5.41) is 11.4. The molecule has 0 saturated heterocycles. The van der Waals surface area contributed by atoms with Crippen LogP contribution in [0.15, 0.2) is 65.1 Å². The molecular formula is C28H33N5O4. The molecular weight excluding hydrogens is 470 g/mol. The lowest BCUT2D eigenvalue weighted by Gasteiger charge is -2.33. The zero-order valence-corrected chi connectivity index (χ0v) is 21.9. The summed E-state index contributed by atoms with van der Waals surface area (Å²) in [6.07, 6.45) is 0.716. The van der Waals surface area contributed by atoms with Crippen LogP contribution in [0.25, 0.3) is 11.0 Å². The minimum Gasteiger partial charge on any atom is -0.496 e. The number of furan rings is 1. The first-order valence-electron chi connectivity index (χ1n) is 12.3. The van der Waals surface area contributed by atoms with Crippen LogP contribution in [0.3, 0.4) is 0 Å². The fourth-order valence-electron chi connectivity index (χ4n) is 4.11. The highest BCUT2D eigenvalue weighted by molar-refractivity contribution is 5.89. The second-order valence-electron chi connectivity index (χ2n) is 9.65. The van der Waals surface area contributed by atoms with Gasteiger partial charge in [-0.15, -0.1) is 5.10 Å². The standard InChI is InChI=1S/C28H33N5O4/c1-6-28(3,4)29-27(35)26(24-16-15-19(2)37-24)32(17-20-11-7-10-14-23(20)36-5)25(34)18-33-22-13-9-8-12-21(22)30-31-33/h7-16,26H,6,17-18H2,1-5H3,(H,29,35). The molecule has 4 rings (SSSR count). The Morgan fingerprint density at radius 3 is 2.54 bits per heavy atom. The van der Waals surface area contributed by atoms with Crippen LogP contribution in [0.5, 0.6) is 5.75 Å². The van der Waals surface area contributed by atoms with E-state index in [2.05, 4.69) is 15.6 Å². The fourth-order valence-corrected chi connectivity index (χ4v) is 4.11. The number of benzene rings is 2. The topological polar surface area (TPSA) is 102 Å². The van der Waals surface area contributed by atoms with Crippen LogP contribution in [0.2, 0.25) is 0 Å². The number of rotatable bonds is 10. The molecule has 4 aromatic rings. The zero-order valence-electron chi connectivity index (χ0n) is 21.9. The monoisotopic (exact) mass is 503 g/mol. The molecule has 1 atom stereocenters. The number of para-hydroxylation sites is 2. The number of hydrogen-bond acceptors (Lipinski definition) is 6. The van der Waals surface area contributed by atoms with Gasteiger partial charge in [0.2, 0.25) is 5.91 Å². The van der Waals surface area contributed by atoms with Crippen molar-refractivity contribution in [3.8, 4) is 5.75 Å². The molecule has 2 heterocycles. The summed E-state index contributed by atoms with van der Waals surface area (Å²) in [6.45, 7) is 7.73. The molecule has 194 valence electrons. The summed E-state index contributed by atoms with van der Waals surface area (Å²) in [5.74, 6) is 1.01. The van der Waals surface area contributed by atoms with Gasteiger partial charge in [0.25, 0.3) is 5.91 Å². The van der Waals surface area contributed by atoms with Gasteiger partial charge in [-0.3, -0.25) is 9.59 Å². The van der Waals surface area contributed by atoms with E-state index in [1.54, 1.807) is 23.9 Å². The highest BCUT2D eigenvalue weighted by Crippen LogP contribution is 2.29. The lowest BCUT2D eigenvalue weighted by Crippen LogP contribution is -2.50. The van der Waals surface area contributed by atoms with Crippen LogP contribution in [0.4, 0.5) is 0 Å². The normalized spacial score (nSPS) is 12.4. The number of ether oxygens (including phenoxy) is 1. The van der Waals surface area contributed by atoms with Crippen LogP contribution < -0.4 is 10.1 Å². The molecule has 0 saturated carbocycles. The Morgan fingerprint density at radius 2 is 1.84 bits per heavy atom. The van der Waals surface area contributed by atoms with E-state index in [1.807, 2.05) is 76.2 Å². The Balaban J connectivity index is 1.78. The molecule has 0 aliphatic rings. The number of aryl methyl sites for hydroxylation is 1. The average molecular weight is 504 g/mol. The third-order valence-electron chi connectivity index (χ3n) is 6.49. The lowest BCUT2D eigenvalue weighted by atomic mass is 10.0. The van der Waals surface area contributed by atoms with Crippen molar-refractivity contribution < 1.29 is 18.7 Å². The summed E-state index contributed by atoms with van der Waals surface area (Å²) in [7, 11) is 1.58. The van der Waals surface area contributed by atoms with Gasteiger partial charge < -0.3 is 19.4 Å². The first kappa shape index (κ1) is 25.9. The zero-order chi connectivity index (χ0) is 26.6. The molecule has 0 radical (unpaired) electrons. The molecule has 9 heteroatoms. The molecule has 37 heavy (non-hydrogen) atoms. The first-order chi connectivity index (χ1) is 17.7. The van der Waals surface area contributed by atoms with Gasteiger partial charge in [0, 0.05) is 11.1 Å². The Kier molecular flexibility index (Phi) is 7.61.